The number of hydrogen-bond donors (Lipinski definition) is 0. The van der Waals surface area contributed by atoms with Crippen LogP contribution in [0.2, 0.25) is 0 Å². The fourth-order valence-corrected chi connectivity index (χ4v) is 6.62. The molecule has 0 saturated heterocycles. The molecule has 0 unspecified atom stereocenters. The van der Waals surface area contributed by atoms with Gasteiger partial charge >= 0.3 is 12.1 Å². The second kappa shape index (κ2) is 12.0. The van der Waals surface area contributed by atoms with E-state index in [1.54, 1.807) is 55.5 Å². The molecule has 10 nitrogen and oxygen atoms in total. The standard InChI is InChI=1S/C33H24F3N3O7S/c1-4-45-31(41)27-28(26-21-9-6-5-8-18(21)12-14-24(26)44-3)38-30(40)25(47-32(38)37-29(27)33(34,35)36)16-19-13-15-23(46-19)20-10-7-11-22(17(20)2)39(42)43/h5-16,28H,4H2,1-3H3/b25-16-/t28-/m0/s1. The molecule has 3 heterocycles. The minimum atomic E-state index is -5.08. The fourth-order valence-electron chi connectivity index (χ4n) is 5.64. The Labute approximate surface area is 267 Å². The van der Waals surface area contributed by atoms with E-state index in [1.807, 2.05) is 0 Å². The summed E-state index contributed by atoms with van der Waals surface area (Å²) < 4.78 is 61.6. The summed E-state index contributed by atoms with van der Waals surface area (Å²) in [6.45, 7) is 2.82. The summed E-state index contributed by atoms with van der Waals surface area (Å²) in [5.74, 6) is -0.680. The topological polar surface area (TPSA) is 126 Å². The first kappa shape index (κ1) is 31.5. The van der Waals surface area contributed by atoms with Gasteiger partial charge < -0.3 is 13.9 Å². The van der Waals surface area contributed by atoms with Gasteiger partial charge in [-0.15, -0.1) is 0 Å². The van der Waals surface area contributed by atoms with E-state index in [2.05, 4.69) is 4.99 Å². The number of carbonyl (C=O) groups is 1. The number of alkyl halides is 3. The van der Waals surface area contributed by atoms with Gasteiger partial charge in [0.2, 0.25) is 0 Å². The number of methoxy groups -OCH3 is 1. The Morgan fingerprint density at radius 3 is 2.60 bits per heavy atom. The van der Waals surface area contributed by atoms with Crippen LogP contribution in [0.3, 0.4) is 0 Å². The maximum Gasteiger partial charge on any atom is 0.434 e. The van der Waals surface area contributed by atoms with Crippen molar-refractivity contribution in [1.29, 1.82) is 0 Å². The molecule has 1 aliphatic heterocycles. The van der Waals surface area contributed by atoms with Gasteiger partial charge in [-0.05, 0) is 42.8 Å². The number of furan rings is 1. The molecule has 14 heteroatoms. The van der Waals surface area contributed by atoms with Crippen molar-refractivity contribution >= 4 is 39.8 Å². The molecular weight excluding hydrogens is 639 g/mol. The molecule has 0 spiro atoms. The van der Waals surface area contributed by atoms with Crippen molar-refractivity contribution < 1.29 is 36.8 Å². The molecule has 0 amide bonds. The van der Waals surface area contributed by atoms with E-state index in [4.69, 9.17) is 13.9 Å². The molecule has 6 rings (SSSR count). The van der Waals surface area contributed by atoms with E-state index in [1.165, 1.54) is 38.3 Å². The number of nitro benzene ring substituents is 1. The minimum absolute atomic E-state index is 0.0312. The largest absolute Gasteiger partial charge is 0.496 e. The summed E-state index contributed by atoms with van der Waals surface area (Å²) in [7, 11) is 1.34. The molecule has 1 atom stereocenters. The lowest BCUT2D eigenvalue weighted by molar-refractivity contribution is -0.385. The number of aromatic nitrogens is 1. The number of esters is 1. The van der Waals surface area contributed by atoms with Crippen molar-refractivity contribution in [3.8, 4) is 17.1 Å². The smallest absolute Gasteiger partial charge is 0.434 e. The molecule has 240 valence electrons. The van der Waals surface area contributed by atoms with Crippen molar-refractivity contribution in [2.45, 2.75) is 26.1 Å². The number of thiazole rings is 1. The third kappa shape index (κ3) is 5.50. The van der Waals surface area contributed by atoms with E-state index in [0.29, 0.717) is 33.2 Å². The number of fused-ring (bicyclic) bond motifs is 2. The predicted octanol–water partition coefficient (Wildman–Crippen LogP) is 5.98. The quantitative estimate of drug-likeness (QED) is 0.119. The van der Waals surface area contributed by atoms with Gasteiger partial charge in [-0.2, -0.15) is 13.2 Å². The highest BCUT2D eigenvalue weighted by Gasteiger charge is 2.46. The third-order valence-corrected chi connectivity index (χ3v) is 8.67. The van der Waals surface area contributed by atoms with Gasteiger partial charge in [-0.1, -0.05) is 53.8 Å². The summed E-state index contributed by atoms with van der Waals surface area (Å²) >= 11 is 0.687. The molecule has 2 aromatic heterocycles. The van der Waals surface area contributed by atoms with Crippen LogP contribution in [-0.2, 0) is 9.53 Å². The van der Waals surface area contributed by atoms with Crippen molar-refractivity contribution in [2.75, 3.05) is 13.7 Å². The Hall–Kier alpha value is -5.50. The molecule has 0 radical (unpaired) electrons. The zero-order valence-electron chi connectivity index (χ0n) is 25.0. The van der Waals surface area contributed by atoms with Gasteiger partial charge in [0.25, 0.3) is 11.2 Å². The van der Waals surface area contributed by atoms with Gasteiger partial charge in [0.05, 0.1) is 28.7 Å². The first-order valence-electron chi connectivity index (χ1n) is 14.1. The average Bonchev–Trinajstić information content (AvgIpc) is 3.63. The lowest BCUT2D eigenvalue weighted by Crippen LogP contribution is -2.41. The molecule has 47 heavy (non-hydrogen) atoms. The number of carbonyl (C=O) groups excluding carboxylic acids is 1. The lowest BCUT2D eigenvalue weighted by Gasteiger charge is -2.28. The normalized spacial score (nSPS) is 15.0. The summed E-state index contributed by atoms with van der Waals surface area (Å²) in [6, 6.07) is 16.1. The predicted molar refractivity (Wildman–Crippen MR) is 167 cm³/mol. The Morgan fingerprint density at radius 1 is 1.13 bits per heavy atom. The molecule has 0 N–H and O–H groups in total. The molecular formula is C33H24F3N3O7S. The van der Waals surface area contributed by atoms with Crippen LogP contribution in [0.15, 0.2) is 92.2 Å². The van der Waals surface area contributed by atoms with Crippen LogP contribution in [0.4, 0.5) is 18.9 Å². The molecule has 0 bridgehead atoms. The maximum absolute atomic E-state index is 14.7. The van der Waals surface area contributed by atoms with Crippen LogP contribution in [-0.4, -0.2) is 35.4 Å². The Kier molecular flexibility index (Phi) is 8.05. The second-order valence-electron chi connectivity index (χ2n) is 10.4. The number of rotatable bonds is 7. The monoisotopic (exact) mass is 663 g/mol. The van der Waals surface area contributed by atoms with E-state index in [-0.39, 0.29) is 44.5 Å². The van der Waals surface area contributed by atoms with Gasteiger partial charge in [0.1, 0.15) is 23.3 Å². The molecule has 3 aromatic carbocycles. The number of halogens is 3. The number of nitrogens with zero attached hydrogens (tertiary/aromatic N) is 3. The Balaban J connectivity index is 1.61. The summed E-state index contributed by atoms with van der Waals surface area (Å²) in [6.07, 6.45) is -3.74. The highest BCUT2D eigenvalue weighted by molar-refractivity contribution is 7.07. The first-order chi connectivity index (χ1) is 22.4. The number of hydrogen-bond acceptors (Lipinski definition) is 9. The van der Waals surface area contributed by atoms with E-state index >= 15 is 0 Å². The average molecular weight is 664 g/mol. The van der Waals surface area contributed by atoms with E-state index in [9.17, 15) is 32.9 Å². The maximum atomic E-state index is 14.7. The molecule has 1 aliphatic rings. The summed E-state index contributed by atoms with van der Waals surface area (Å²) in [4.78, 5) is 41.9. The van der Waals surface area contributed by atoms with Crippen LogP contribution in [0, 0.1) is 17.0 Å². The zero-order valence-corrected chi connectivity index (χ0v) is 25.8. The Morgan fingerprint density at radius 2 is 1.89 bits per heavy atom. The van der Waals surface area contributed by atoms with Crippen molar-refractivity contribution in [3.05, 3.63) is 125 Å². The van der Waals surface area contributed by atoms with Crippen LogP contribution in [0.25, 0.3) is 28.2 Å². The van der Waals surface area contributed by atoms with Gasteiger partial charge in [-0.3, -0.25) is 19.5 Å². The number of nitro groups is 1. The zero-order chi connectivity index (χ0) is 33.6. The SMILES string of the molecule is CCOC(=O)C1=C(C(F)(F)F)N=c2s/c(=C\c3ccc(-c4cccc([N+](=O)[O-])c4C)o3)c(=O)n2[C@H]1c1c(OC)ccc2ccccc12. The fraction of sp³-hybridized carbons (Fsp3) is 0.182. The molecule has 0 fully saturated rings. The Bertz CT molecular complexity index is 2300. The summed E-state index contributed by atoms with van der Waals surface area (Å²) in [5, 5.41) is 12.5. The van der Waals surface area contributed by atoms with Gasteiger partial charge in [0.15, 0.2) is 10.5 Å². The van der Waals surface area contributed by atoms with E-state index < -0.39 is 39.9 Å². The van der Waals surface area contributed by atoms with Crippen molar-refractivity contribution in [2.24, 2.45) is 4.99 Å². The highest BCUT2D eigenvalue weighted by Crippen LogP contribution is 2.43. The van der Waals surface area contributed by atoms with Gasteiger partial charge in [0, 0.05) is 28.8 Å². The van der Waals surface area contributed by atoms with Crippen molar-refractivity contribution in [1.82, 2.24) is 4.57 Å². The van der Waals surface area contributed by atoms with Crippen molar-refractivity contribution in [3.63, 3.8) is 0 Å². The minimum Gasteiger partial charge on any atom is -0.496 e. The molecule has 0 aliphatic carbocycles. The third-order valence-electron chi connectivity index (χ3n) is 7.69. The number of benzene rings is 3. The van der Waals surface area contributed by atoms with Crippen LogP contribution in [0.5, 0.6) is 5.75 Å². The van der Waals surface area contributed by atoms with Gasteiger partial charge in [-0.25, -0.2) is 9.79 Å². The molecule has 5 aromatic rings. The number of allylic oxidation sites excluding steroid dienone is 1. The highest BCUT2D eigenvalue weighted by atomic mass is 32.1. The molecule has 0 saturated carbocycles. The van der Waals surface area contributed by atoms with Crippen LogP contribution < -0.4 is 19.6 Å². The summed E-state index contributed by atoms with van der Waals surface area (Å²) in [5.41, 5.74) is -2.19. The number of ether oxygens (including phenoxy) is 2. The van der Waals surface area contributed by atoms with E-state index in [0.717, 1.165) is 4.57 Å². The second-order valence-corrected chi connectivity index (χ2v) is 11.4. The van der Waals surface area contributed by atoms with Crippen LogP contribution >= 0.6 is 11.3 Å². The first-order valence-corrected chi connectivity index (χ1v) is 15.0. The lowest BCUT2D eigenvalue weighted by atomic mass is 9.90. The van der Waals surface area contributed by atoms with Crippen LogP contribution in [0.1, 0.15) is 29.9 Å².